The lowest BCUT2D eigenvalue weighted by molar-refractivity contribution is -0.119. The molecule has 1 amide bonds. The SMILES string of the molecule is CC(Cn1cc(Br)cn1)C(=O)Nc1ccn(Cc2cccc(F)c2)n1. The monoisotopic (exact) mass is 405 g/mol. The third-order valence-corrected chi connectivity index (χ3v) is 4.05. The summed E-state index contributed by atoms with van der Waals surface area (Å²) in [5, 5.41) is 11.2. The van der Waals surface area contributed by atoms with E-state index in [1.54, 1.807) is 33.9 Å². The zero-order valence-electron chi connectivity index (χ0n) is 13.6. The maximum absolute atomic E-state index is 13.2. The Labute approximate surface area is 152 Å². The van der Waals surface area contributed by atoms with Crippen molar-refractivity contribution in [1.29, 1.82) is 0 Å². The number of rotatable bonds is 6. The molecule has 1 N–H and O–H groups in total. The van der Waals surface area contributed by atoms with Crippen LogP contribution in [0.25, 0.3) is 0 Å². The number of carbonyl (C=O) groups is 1. The van der Waals surface area contributed by atoms with E-state index in [1.807, 2.05) is 19.2 Å². The normalized spacial score (nSPS) is 12.1. The highest BCUT2D eigenvalue weighted by atomic mass is 79.9. The van der Waals surface area contributed by atoms with Crippen LogP contribution >= 0.6 is 15.9 Å². The van der Waals surface area contributed by atoms with Gasteiger partial charge in [-0.05, 0) is 33.6 Å². The summed E-state index contributed by atoms with van der Waals surface area (Å²) < 4.78 is 17.4. The van der Waals surface area contributed by atoms with Gasteiger partial charge < -0.3 is 5.32 Å². The molecule has 0 spiro atoms. The first kappa shape index (κ1) is 17.3. The van der Waals surface area contributed by atoms with Gasteiger partial charge in [-0.25, -0.2) is 4.39 Å². The van der Waals surface area contributed by atoms with E-state index in [4.69, 9.17) is 0 Å². The van der Waals surface area contributed by atoms with Crippen LogP contribution in [0.4, 0.5) is 10.2 Å². The largest absolute Gasteiger partial charge is 0.309 e. The lowest BCUT2D eigenvalue weighted by atomic mass is 10.1. The summed E-state index contributed by atoms with van der Waals surface area (Å²) in [5.74, 6) is -0.213. The third-order valence-electron chi connectivity index (χ3n) is 3.64. The molecule has 2 heterocycles. The molecule has 0 aliphatic carbocycles. The van der Waals surface area contributed by atoms with Gasteiger partial charge in [-0.2, -0.15) is 10.2 Å². The van der Waals surface area contributed by atoms with Crippen molar-refractivity contribution >= 4 is 27.7 Å². The van der Waals surface area contributed by atoms with Gasteiger partial charge in [0.1, 0.15) is 5.82 Å². The fraction of sp³-hybridized carbons (Fsp3) is 0.235. The number of nitrogens with zero attached hydrogens (tertiary/aromatic N) is 4. The molecule has 0 bridgehead atoms. The summed E-state index contributed by atoms with van der Waals surface area (Å²) in [7, 11) is 0. The van der Waals surface area contributed by atoms with Crippen molar-refractivity contribution in [2.24, 2.45) is 5.92 Å². The molecule has 2 aromatic heterocycles. The smallest absolute Gasteiger partial charge is 0.230 e. The van der Waals surface area contributed by atoms with Crippen molar-refractivity contribution in [3.63, 3.8) is 0 Å². The number of hydrogen-bond acceptors (Lipinski definition) is 3. The molecule has 0 saturated heterocycles. The first-order chi connectivity index (χ1) is 12.0. The zero-order valence-corrected chi connectivity index (χ0v) is 15.1. The molecule has 0 fully saturated rings. The lowest BCUT2D eigenvalue weighted by Crippen LogP contribution is -2.24. The number of nitrogens with one attached hydrogen (secondary N) is 1. The second-order valence-electron chi connectivity index (χ2n) is 5.80. The Morgan fingerprint density at radius 3 is 2.92 bits per heavy atom. The predicted molar refractivity (Wildman–Crippen MR) is 95.4 cm³/mol. The number of anilines is 1. The van der Waals surface area contributed by atoms with Crippen LogP contribution in [0, 0.1) is 11.7 Å². The first-order valence-electron chi connectivity index (χ1n) is 7.76. The predicted octanol–water partition coefficient (Wildman–Crippen LogP) is 3.30. The standard InChI is InChI=1S/C17H17BrFN5O/c1-12(9-24-11-14(18)8-20-24)17(25)21-16-5-6-23(22-16)10-13-3-2-4-15(19)7-13/h2-8,11-12H,9-10H2,1H3,(H,21,22,25). The van der Waals surface area contributed by atoms with Crippen molar-refractivity contribution in [2.45, 2.75) is 20.0 Å². The molecule has 0 saturated carbocycles. The van der Waals surface area contributed by atoms with Crippen LogP contribution in [0.5, 0.6) is 0 Å². The summed E-state index contributed by atoms with van der Waals surface area (Å²) in [5.41, 5.74) is 0.804. The molecule has 1 atom stereocenters. The van der Waals surface area contributed by atoms with Crippen LogP contribution in [0.2, 0.25) is 0 Å². The highest BCUT2D eigenvalue weighted by molar-refractivity contribution is 9.10. The molecular weight excluding hydrogens is 389 g/mol. The van der Waals surface area contributed by atoms with Gasteiger partial charge in [0.25, 0.3) is 0 Å². The van der Waals surface area contributed by atoms with E-state index in [9.17, 15) is 9.18 Å². The minimum Gasteiger partial charge on any atom is -0.309 e. The first-order valence-corrected chi connectivity index (χ1v) is 8.55. The van der Waals surface area contributed by atoms with E-state index in [0.29, 0.717) is 18.9 Å². The van der Waals surface area contributed by atoms with Gasteiger partial charge in [0, 0.05) is 18.5 Å². The van der Waals surface area contributed by atoms with Gasteiger partial charge in [-0.1, -0.05) is 19.1 Å². The molecule has 25 heavy (non-hydrogen) atoms. The quantitative estimate of drug-likeness (QED) is 0.683. The molecule has 0 aliphatic heterocycles. The number of aromatic nitrogens is 4. The molecule has 6 nitrogen and oxygen atoms in total. The second kappa shape index (κ2) is 7.60. The maximum Gasteiger partial charge on any atom is 0.230 e. The van der Waals surface area contributed by atoms with E-state index in [-0.39, 0.29) is 17.6 Å². The van der Waals surface area contributed by atoms with Gasteiger partial charge >= 0.3 is 0 Å². The average Bonchev–Trinajstić information content (AvgIpc) is 3.16. The molecular formula is C17H17BrFN5O. The van der Waals surface area contributed by atoms with Gasteiger partial charge in [-0.15, -0.1) is 0 Å². The lowest BCUT2D eigenvalue weighted by Gasteiger charge is -2.10. The van der Waals surface area contributed by atoms with Crippen molar-refractivity contribution in [3.05, 3.63) is 64.8 Å². The molecule has 0 radical (unpaired) electrons. The van der Waals surface area contributed by atoms with Gasteiger partial charge in [0.2, 0.25) is 5.91 Å². The van der Waals surface area contributed by atoms with E-state index in [1.165, 1.54) is 12.1 Å². The fourth-order valence-electron chi connectivity index (χ4n) is 2.39. The summed E-state index contributed by atoms with van der Waals surface area (Å²) in [6, 6.07) is 8.07. The third kappa shape index (κ3) is 4.76. The zero-order chi connectivity index (χ0) is 17.8. The number of hydrogen-bond donors (Lipinski definition) is 1. The Hall–Kier alpha value is -2.48. The molecule has 130 valence electrons. The molecule has 1 unspecified atom stereocenters. The molecule has 0 aliphatic rings. The number of benzene rings is 1. The van der Waals surface area contributed by atoms with Gasteiger partial charge in [-0.3, -0.25) is 14.2 Å². The fourth-order valence-corrected chi connectivity index (χ4v) is 2.72. The summed E-state index contributed by atoms with van der Waals surface area (Å²) in [6.45, 7) is 2.74. The minimum absolute atomic E-state index is 0.136. The van der Waals surface area contributed by atoms with Gasteiger partial charge in [0.05, 0.1) is 29.7 Å². The van der Waals surface area contributed by atoms with Gasteiger partial charge in [0.15, 0.2) is 5.82 Å². The number of halogens is 2. The van der Waals surface area contributed by atoms with Crippen LogP contribution in [-0.4, -0.2) is 25.5 Å². The maximum atomic E-state index is 13.2. The van der Waals surface area contributed by atoms with Crippen molar-refractivity contribution in [2.75, 3.05) is 5.32 Å². The van der Waals surface area contributed by atoms with Crippen LogP contribution in [0.3, 0.4) is 0 Å². The van der Waals surface area contributed by atoms with Crippen LogP contribution in [0.1, 0.15) is 12.5 Å². The second-order valence-corrected chi connectivity index (χ2v) is 6.72. The molecule has 3 aromatic rings. The summed E-state index contributed by atoms with van der Waals surface area (Å²) in [4.78, 5) is 12.3. The van der Waals surface area contributed by atoms with E-state index in [0.717, 1.165) is 10.0 Å². The average molecular weight is 406 g/mol. The molecule has 8 heteroatoms. The summed E-state index contributed by atoms with van der Waals surface area (Å²) in [6.07, 6.45) is 5.24. The van der Waals surface area contributed by atoms with Crippen molar-refractivity contribution < 1.29 is 9.18 Å². The molecule has 1 aromatic carbocycles. The highest BCUT2D eigenvalue weighted by Gasteiger charge is 2.15. The minimum atomic E-state index is -0.280. The Balaban J connectivity index is 1.57. The highest BCUT2D eigenvalue weighted by Crippen LogP contribution is 2.12. The molecule has 3 rings (SSSR count). The van der Waals surface area contributed by atoms with E-state index >= 15 is 0 Å². The Kier molecular flexibility index (Phi) is 5.28. The van der Waals surface area contributed by atoms with Crippen molar-refractivity contribution in [3.8, 4) is 0 Å². The van der Waals surface area contributed by atoms with E-state index < -0.39 is 0 Å². The Morgan fingerprint density at radius 1 is 1.36 bits per heavy atom. The number of amides is 1. The van der Waals surface area contributed by atoms with Crippen LogP contribution < -0.4 is 5.32 Å². The van der Waals surface area contributed by atoms with Crippen LogP contribution in [0.15, 0.2) is 53.4 Å². The Bertz CT molecular complexity index is 875. The topological polar surface area (TPSA) is 64.7 Å². The van der Waals surface area contributed by atoms with Crippen LogP contribution in [-0.2, 0) is 17.9 Å². The van der Waals surface area contributed by atoms with E-state index in [2.05, 4.69) is 31.4 Å². The van der Waals surface area contributed by atoms with Crippen molar-refractivity contribution in [1.82, 2.24) is 19.6 Å². The Morgan fingerprint density at radius 2 is 2.20 bits per heavy atom. The number of carbonyl (C=O) groups excluding carboxylic acids is 1. The summed E-state index contributed by atoms with van der Waals surface area (Å²) >= 11 is 3.33.